The molecule has 3 saturated heterocycles. The fraction of sp³-hybridized carbons (Fsp3) is 0.571. The van der Waals surface area contributed by atoms with Crippen LogP contribution in [0.1, 0.15) is 25.5 Å². The largest absolute Gasteiger partial charge is 0.377 e. The Balaban J connectivity index is 1.57. The normalized spacial score (nSPS) is 26.7. The number of aryl methyl sites for hydroxylation is 1. The quantitative estimate of drug-likeness (QED) is 0.709. The van der Waals surface area contributed by atoms with Gasteiger partial charge in [0.1, 0.15) is 5.82 Å². The maximum Gasteiger partial charge on any atom is 0.169 e. The van der Waals surface area contributed by atoms with Gasteiger partial charge in [0, 0.05) is 24.7 Å². The van der Waals surface area contributed by atoms with Crippen LogP contribution in [0.3, 0.4) is 0 Å². The summed E-state index contributed by atoms with van der Waals surface area (Å²) in [5.41, 5.74) is 3.03. The second kappa shape index (κ2) is 6.95. The summed E-state index contributed by atoms with van der Waals surface area (Å²) < 4.78 is 13.4. The summed E-state index contributed by atoms with van der Waals surface area (Å²) in [5, 5.41) is 13.1. The molecule has 0 saturated carbocycles. The molecule has 6 rings (SSSR count). The van der Waals surface area contributed by atoms with E-state index in [-0.39, 0.29) is 0 Å². The minimum Gasteiger partial charge on any atom is -0.377 e. The average Bonchev–Trinajstić information content (AvgIpc) is 3.45. The van der Waals surface area contributed by atoms with Gasteiger partial charge in [-0.2, -0.15) is 14.9 Å². The number of rotatable bonds is 3. The van der Waals surface area contributed by atoms with Gasteiger partial charge >= 0.3 is 0 Å². The second-order valence-corrected chi connectivity index (χ2v) is 8.58. The number of fused-ring (bicyclic) bond motifs is 3. The van der Waals surface area contributed by atoms with Crippen LogP contribution in [-0.2, 0) is 9.47 Å². The average molecular weight is 409 g/mol. The Morgan fingerprint density at radius 2 is 1.97 bits per heavy atom. The van der Waals surface area contributed by atoms with E-state index in [4.69, 9.17) is 19.6 Å². The van der Waals surface area contributed by atoms with E-state index >= 15 is 0 Å². The summed E-state index contributed by atoms with van der Waals surface area (Å²) in [6.45, 7) is 8.17. The number of hydrogen-bond acceptors (Lipinski definition) is 7. The predicted molar refractivity (Wildman–Crippen MR) is 113 cm³/mol. The Hall–Kier alpha value is -2.65. The van der Waals surface area contributed by atoms with Crippen LogP contribution in [0.15, 0.2) is 18.3 Å². The smallest absolute Gasteiger partial charge is 0.169 e. The van der Waals surface area contributed by atoms with Crippen molar-refractivity contribution in [2.75, 3.05) is 42.8 Å². The maximum absolute atomic E-state index is 5.82. The van der Waals surface area contributed by atoms with Crippen molar-refractivity contribution in [3.8, 4) is 5.82 Å². The Morgan fingerprint density at radius 1 is 1.13 bits per heavy atom. The van der Waals surface area contributed by atoms with Crippen LogP contribution >= 0.6 is 0 Å². The molecule has 2 bridgehead atoms. The second-order valence-electron chi connectivity index (χ2n) is 8.58. The van der Waals surface area contributed by atoms with Crippen molar-refractivity contribution in [1.29, 1.82) is 0 Å². The zero-order chi connectivity index (χ0) is 20.2. The standard InChI is InChI=1S/C21H27N7O2/c1-13-10-29-8-7-26(13)17-9-19(27-15-3-4-16(27)12-30-11-15)23-21-20(17)14(2)25-28(21)18-5-6-22-24-18/h5-6,9,13,15-16H,3-4,7-8,10-12H2,1-2H3,(H,22,24)/t13-,15?,16?/m1/s1. The molecule has 158 valence electrons. The van der Waals surface area contributed by atoms with Gasteiger partial charge in [-0.25, -0.2) is 4.98 Å². The van der Waals surface area contributed by atoms with E-state index in [0.717, 1.165) is 74.2 Å². The number of morpholine rings is 2. The third-order valence-electron chi connectivity index (χ3n) is 6.67. The minimum atomic E-state index is 0.300. The molecule has 30 heavy (non-hydrogen) atoms. The molecule has 3 aliphatic heterocycles. The maximum atomic E-state index is 5.82. The highest BCUT2D eigenvalue weighted by atomic mass is 16.5. The summed E-state index contributed by atoms with van der Waals surface area (Å²) in [5.74, 6) is 1.84. The summed E-state index contributed by atoms with van der Waals surface area (Å²) >= 11 is 0. The van der Waals surface area contributed by atoms with Crippen molar-refractivity contribution in [3.05, 3.63) is 24.0 Å². The first-order chi connectivity index (χ1) is 14.7. The number of nitrogens with zero attached hydrogens (tertiary/aromatic N) is 6. The van der Waals surface area contributed by atoms with Gasteiger partial charge in [-0.15, -0.1) is 0 Å². The van der Waals surface area contributed by atoms with Crippen molar-refractivity contribution in [2.45, 2.75) is 44.8 Å². The SMILES string of the molecule is Cc1nn(-c2ccn[nH]2)c2nc(N3C4CCC3COC4)cc(N3CCOC[C@H]3C)c12. The fourth-order valence-electron chi connectivity index (χ4n) is 5.23. The lowest BCUT2D eigenvalue weighted by Crippen LogP contribution is -2.47. The van der Waals surface area contributed by atoms with Crippen LogP contribution in [0.25, 0.3) is 16.9 Å². The number of anilines is 2. The molecule has 0 aromatic carbocycles. The number of ether oxygens (including phenoxy) is 2. The van der Waals surface area contributed by atoms with Crippen molar-refractivity contribution in [1.82, 2.24) is 25.0 Å². The molecule has 0 spiro atoms. The van der Waals surface area contributed by atoms with Crippen molar-refractivity contribution in [2.24, 2.45) is 0 Å². The van der Waals surface area contributed by atoms with Crippen LogP contribution in [-0.4, -0.2) is 76.1 Å². The molecule has 3 fully saturated rings. The highest BCUT2D eigenvalue weighted by Gasteiger charge is 2.39. The van der Waals surface area contributed by atoms with E-state index in [1.165, 1.54) is 5.69 Å². The molecule has 2 unspecified atom stereocenters. The van der Waals surface area contributed by atoms with Gasteiger partial charge in [0.15, 0.2) is 11.5 Å². The van der Waals surface area contributed by atoms with E-state index in [1.807, 2.05) is 10.7 Å². The zero-order valence-corrected chi connectivity index (χ0v) is 17.4. The van der Waals surface area contributed by atoms with Gasteiger partial charge in [0.25, 0.3) is 0 Å². The van der Waals surface area contributed by atoms with Crippen molar-refractivity contribution in [3.63, 3.8) is 0 Å². The molecule has 3 atom stereocenters. The lowest BCUT2D eigenvalue weighted by atomic mass is 10.1. The highest BCUT2D eigenvalue weighted by Crippen LogP contribution is 2.39. The number of hydrogen-bond donors (Lipinski definition) is 1. The van der Waals surface area contributed by atoms with Gasteiger partial charge in [0.05, 0.1) is 61.5 Å². The summed E-state index contributed by atoms with van der Waals surface area (Å²) in [4.78, 5) is 10.1. The zero-order valence-electron chi connectivity index (χ0n) is 17.4. The monoisotopic (exact) mass is 409 g/mol. The molecule has 0 amide bonds. The van der Waals surface area contributed by atoms with Crippen LogP contribution in [0.4, 0.5) is 11.5 Å². The molecule has 6 heterocycles. The van der Waals surface area contributed by atoms with E-state index in [2.05, 4.69) is 39.9 Å². The van der Waals surface area contributed by atoms with Gasteiger partial charge in [-0.3, -0.25) is 5.10 Å². The summed E-state index contributed by atoms with van der Waals surface area (Å²) in [7, 11) is 0. The third kappa shape index (κ3) is 2.72. The Morgan fingerprint density at radius 3 is 2.70 bits per heavy atom. The van der Waals surface area contributed by atoms with E-state index < -0.39 is 0 Å². The summed E-state index contributed by atoms with van der Waals surface area (Å²) in [6, 6.07) is 5.29. The summed E-state index contributed by atoms with van der Waals surface area (Å²) in [6.07, 6.45) is 4.06. The van der Waals surface area contributed by atoms with E-state index in [0.29, 0.717) is 18.1 Å². The van der Waals surface area contributed by atoms with E-state index in [9.17, 15) is 0 Å². The molecule has 9 nitrogen and oxygen atoms in total. The lowest BCUT2D eigenvalue weighted by Gasteiger charge is -2.38. The number of nitrogens with one attached hydrogen (secondary N) is 1. The third-order valence-corrected chi connectivity index (χ3v) is 6.67. The molecule has 0 radical (unpaired) electrons. The minimum absolute atomic E-state index is 0.300. The molecule has 3 aromatic heterocycles. The van der Waals surface area contributed by atoms with Crippen molar-refractivity contribution < 1.29 is 9.47 Å². The molecular formula is C21H27N7O2. The van der Waals surface area contributed by atoms with Gasteiger partial charge < -0.3 is 19.3 Å². The molecule has 9 heteroatoms. The van der Waals surface area contributed by atoms with Crippen LogP contribution in [0.2, 0.25) is 0 Å². The van der Waals surface area contributed by atoms with Crippen molar-refractivity contribution >= 4 is 22.5 Å². The lowest BCUT2D eigenvalue weighted by molar-refractivity contribution is 0.0902. The van der Waals surface area contributed by atoms with Gasteiger partial charge in [0.2, 0.25) is 0 Å². The first-order valence-corrected chi connectivity index (χ1v) is 10.8. The van der Waals surface area contributed by atoms with Gasteiger partial charge in [-0.05, 0) is 26.7 Å². The van der Waals surface area contributed by atoms with E-state index in [1.54, 1.807) is 6.20 Å². The fourth-order valence-corrected chi connectivity index (χ4v) is 5.23. The molecular weight excluding hydrogens is 382 g/mol. The first kappa shape index (κ1) is 18.1. The highest BCUT2D eigenvalue weighted by molar-refractivity contribution is 5.95. The molecule has 3 aliphatic rings. The topological polar surface area (TPSA) is 84.3 Å². The Labute approximate surface area is 175 Å². The molecule has 3 aromatic rings. The molecule has 0 aliphatic carbocycles. The van der Waals surface area contributed by atoms with Crippen LogP contribution in [0, 0.1) is 6.92 Å². The Kier molecular flexibility index (Phi) is 4.21. The molecule has 1 N–H and O–H groups in total. The van der Waals surface area contributed by atoms with Gasteiger partial charge in [-0.1, -0.05) is 0 Å². The first-order valence-electron chi connectivity index (χ1n) is 10.8. The number of aromatic amines is 1. The number of pyridine rings is 1. The van der Waals surface area contributed by atoms with Crippen LogP contribution < -0.4 is 9.80 Å². The number of H-pyrrole nitrogens is 1. The van der Waals surface area contributed by atoms with Crippen LogP contribution in [0.5, 0.6) is 0 Å². The predicted octanol–water partition coefficient (Wildman–Crippen LogP) is 2.04. The Bertz CT molecular complexity index is 1050. The number of aromatic nitrogens is 5.